The van der Waals surface area contributed by atoms with Crippen molar-refractivity contribution in [3.63, 3.8) is 0 Å². The molecule has 4 nitrogen and oxygen atoms in total. The highest BCUT2D eigenvalue weighted by Gasteiger charge is 2.05. The first-order chi connectivity index (χ1) is 10.8. The topological polar surface area (TPSA) is 46.9 Å². The zero-order chi connectivity index (χ0) is 15.2. The molecule has 0 aliphatic heterocycles. The van der Waals surface area contributed by atoms with Crippen molar-refractivity contribution < 1.29 is 4.79 Å². The molecule has 0 spiro atoms. The third kappa shape index (κ3) is 3.61. The molecule has 0 bridgehead atoms. The van der Waals surface area contributed by atoms with Crippen molar-refractivity contribution in [1.29, 1.82) is 0 Å². The van der Waals surface area contributed by atoms with Gasteiger partial charge >= 0.3 is 0 Å². The average Bonchev–Trinajstić information content (AvgIpc) is 3.07. The van der Waals surface area contributed by atoms with Crippen LogP contribution < -0.4 is 5.32 Å². The molecule has 3 rings (SSSR count). The lowest BCUT2D eigenvalue weighted by Crippen LogP contribution is -2.22. The van der Waals surface area contributed by atoms with Crippen molar-refractivity contribution in [2.45, 2.75) is 13.1 Å². The van der Waals surface area contributed by atoms with E-state index in [1.807, 2.05) is 65.4 Å². The summed E-state index contributed by atoms with van der Waals surface area (Å²) >= 11 is 0. The lowest BCUT2D eigenvalue weighted by atomic mass is 10.1. The monoisotopic (exact) mass is 291 g/mol. The maximum Gasteiger partial charge on any atom is 0.251 e. The number of benzene rings is 2. The standard InChI is InChI=1S/C18H17N3O/c22-18(20-12-15-4-2-1-3-5-15)17-8-6-16(7-9-17)13-21-11-10-19-14-21/h1-11,14H,12-13H2,(H,20,22). The van der Waals surface area contributed by atoms with Crippen LogP contribution in [0.4, 0.5) is 0 Å². The van der Waals surface area contributed by atoms with Gasteiger partial charge in [-0.25, -0.2) is 4.98 Å². The molecule has 0 saturated heterocycles. The normalized spacial score (nSPS) is 10.4. The van der Waals surface area contributed by atoms with Crippen LogP contribution >= 0.6 is 0 Å². The van der Waals surface area contributed by atoms with Crippen molar-refractivity contribution in [3.05, 3.63) is 90.0 Å². The van der Waals surface area contributed by atoms with Gasteiger partial charge in [-0.15, -0.1) is 0 Å². The molecule has 22 heavy (non-hydrogen) atoms. The van der Waals surface area contributed by atoms with Gasteiger partial charge in [-0.2, -0.15) is 0 Å². The second-order valence-electron chi connectivity index (χ2n) is 5.10. The Balaban J connectivity index is 1.59. The van der Waals surface area contributed by atoms with Gasteiger partial charge < -0.3 is 9.88 Å². The molecule has 1 amide bonds. The van der Waals surface area contributed by atoms with Gasteiger partial charge in [-0.3, -0.25) is 4.79 Å². The number of hydrogen-bond donors (Lipinski definition) is 1. The Bertz CT molecular complexity index is 719. The van der Waals surface area contributed by atoms with Gasteiger partial charge in [0.15, 0.2) is 0 Å². The maximum absolute atomic E-state index is 12.1. The summed E-state index contributed by atoms with van der Waals surface area (Å²) in [6.45, 7) is 1.29. The van der Waals surface area contributed by atoms with E-state index >= 15 is 0 Å². The van der Waals surface area contributed by atoms with E-state index in [0.717, 1.165) is 17.7 Å². The van der Waals surface area contributed by atoms with E-state index in [1.165, 1.54) is 0 Å². The van der Waals surface area contributed by atoms with Crippen molar-refractivity contribution in [1.82, 2.24) is 14.9 Å². The lowest BCUT2D eigenvalue weighted by Gasteiger charge is -2.07. The zero-order valence-electron chi connectivity index (χ0n) is 12.1. The Labute approximate surface area is 129 Å². The Kier molecular flexibility index (Phi) is 4.30. The maximum atomic E-state index is 12.1. The highest BCUT2D eigenvalue weighted by Crippen LogP contribution is 2.07. The number of nitrogens with one attached hydrogen (secondary N) is 1. The smallest absolute Gasteiger partial charge is 0.251 e. The van der Waals surface area contributed by atoms with Gasteiger partial charge in [-0.1, -0.05) is 42.5 Å². The van der Waals surface area contributed by atoms with Gasteiger partial charge in [0.25, 0.3) is 5.91 Å². The minimum atomic E-state index is -0.0574. The molecule has 0 aliphatic rings. The van der Waals surface area contributed by atoms with E-state index in [9.17, 15) is 4.79 Å². The van der Waals surface area contributed by atoms with Crippen LogP contribution in [0.15, 0.2) is 73.3 Å². The van der Waals surface area contributed by atoms with Crippen molar-refractivity contribution in [3.8, 4) is 0 Å². The van der Waals surface area contributed by atoms with Crippen LogP contribution in [0.5, 0.6) is 0 Å². The van der Waals surface area contributed by atoms with Crippen LogP contribution in [0.2, 0.25) is 0 Å². The predicted molar refractivity (Wildman–Crippen MR) is 85.4 cm³/mol. The van der Waals surface area contributed by atoms with E-state index in [-0.39, 0.29) is 5.91 Å². The van der Waals surface area contributed by atoms with Crippen LogP contribution in [0.1, 0.15) is 21.5 Å². The highest BCUT2D eigenvalue weighted by molar-refractivity contribution is 5.94. The van der Waals surface area contributed by atoms with E-state index in [4.69, 9.17) is 0 Å². The fraction of sp³-hybridized carbons (Fsp3) is 0.111. The average molecular weight is 291 g/mol. The Morgan fingerprint density at radius 1 is 1.00 bits per heavy atom. The third-order valence-corrected chi connectivity index (χ3v) is 3.44. The van der Waals surface area contributed by atoms with Gasteiger partial charge in [0, 0.05) is 31.0 Å². The summed E-state index contributed by atoms with van der Waals surface area (Å²) in [6.07, 6.45) is 5.45. The number of imidazole rings is 1. The summed E-state index contributed by atoms with van der Waals surface area (Å²) < 4.78 is 1.99. The zero-order valence-corrected chi connectivity index (χ0v) is 12.1. The van der Waals surface area contributed by atoms with E-state index in [2.05, 4.69) is 10.3 Å². The Morgan fingerprint density at radius 2 is 1.77 bits per heavy atom. The largest absolute Gasteiger partial charge is 0.348 e. The van der Waals surface area contributed by atoms with Crippen molar-refractivity contribution in [2.24, 2.45) is 0 Å². The Morgan fingerprint density at radius 3 is 2.45 bits per heavy atom. The number of hydrogen-bond acceptors (Lipinski definition) is 2. The molecular weight excluding hydrogens is 274 g/mol. The van der Waals surface area contributed by atoms with Gasteiger partial charge in [0.05, 0.1) is 6.33 Å². The molecule has 4 heteroatoms. The molecular formula is C18H17N3O. The summed E-state index contributed by atoms with van der Waals surface area (Å²) in [5.74, 6) is -0.0574. The molecule has 0 aliphatic carbocycles. The number of rotatable bonds is 5. The number of nitrogens with zero attached hydrogens (tertiary/aromatic N) is 2. The summed E-state index contributed by atoms with van der Waals surface area (Å²) in [4.78, 5) is 16.1. The molecule has 0 saturated carbocycles. The van der Waals surface area contributed by atoms with Crippen molar-refractivity contribution >= 4 is 5.91 Å². The molecule has 0 unspecified atom stereocenters. The summed E-state index contributed by atoms with van der Waals surface area (Å²) in [7, 11) is 0. The molecule has 1 aromatic heterocycles. The Hall–Kier alpha value is -2.88. The minimum Gasteiger partial charge on any atom is -0.348 e. The summed E-state index contributed by atoms with van der Waals surface area (Å²) in [5, 5.41) is 2.93. The van der Waals surface area contributed by atoms with Crippen LogP contribution in [-0.4, -0.2) is 15.5 Å². The van der Waals surface area contributed by atoms with Crippen LogP contribution in [0.3, 0.4) is 0 Å². The minimum absolute atomic E-state index is 0.0574. The van der Waals surface area contributed by atoms with E-state index in [1.54, 1.807) is 12.5 Å². The number of amides is 1. The first kappa shape index (κ1) is 14.1. The van der Waals surface area contributed by atoms with Crippen molar-refractivity contribution in [2.75, 3.05) is 0 Å². The molecule has 1 N–H and O–H groups in total. The molecule has 0 radical (unpaired) electrons. The molecule has 3 aromatic rings. The van der Waals surface area contributed by atoms with E-state index < -0.39 is 0 Å². The molecule has 1 heterocycles. The summed E-state index contributed by atoms with van der Waals surface area (Å²) in [6, 6.07) is 17.5. The van der Waals surface area contributed by atoms with Crippen LogP contribution in [0.25, 0.3) is 0 Å². The number of carbonyl (C=O) groups is 1. The third-order valence-electron chi connectivity index (χ3n) is 3.44. The first-order valence-corrected chi connectivity index (χ1v) is 7.18. The fourth-order valence-electron chi connectivity index (χ4n) is 2.23. The second-order valence-corrected chi connectivity index (χ2v) is 5.10. The number of carbonyl (C=O) groups excluding carboxylic acids is 1. The van der Waals surface area contributed by atoms with E-state index in [0.29, 0.717) is 12.1 Å². The van der Waals surface area contributed by atoms with Gasteiger partial charge in [-0.05, 0) is 23.3 Å². The predicted octanol–water partition coefficient (Wildman–Crippen LogP) is 2.86. The quantitative estimate of drug-likeness (QED) is 0.785. The lowest BCUT2D eigenvalue weighted by molar-refractivity contribution is 0.0951. The highest BCUT2D eigenvalue weighted by atomic mass is 16.1. The van der Waals surface area contributed by atoms with Gasteiger partial charge in [0.1, 0.15) is 0 Å². The van der Waals surface area contributed by atoms with Crippen LogP contribution in [-0.2, 0) is 13.1 Å². The summed E-state index contributed by atoms with van der Waals surface area (Å²) in [5.41, 5.74) is 2.90. The van der Waals surface area contributed by atoms with Crippen LogP contribution in [0, 0.1) is 0 Å². The fourth-order valence-corrected chi connectivity index (χ4v) is 2.23. The molecule has 2 aromatic carbocycles. The SMILES string of the molecule is O=C(NCc1ccccc1)c1ccc(Cn2ccnc2)cc1. The molecule has 0 atom stereocenters. The molecule has 110 valence electrons. The second kappa shape index (κ2) is 6.72. The number of aromatic nitrogens is 2. The van der Waals surface area contributed by atoms with Gasteiger partial charge in [0.2, 0.25) is 0 Å². The first-order valence-electron chi connectivity index (χ1n) is 7.18. The molecule has 0 fully saturated rings.